The summed E-state index contributed by atoms with van der Waals surface area (Å²) >= 11 is 0. The maximum Gasteiger partial charge on any atom is 0.308 e. The zero-order valence-corrected chi connectivity index (χ0v) is 23.4. The van der Waals surface area contributed by atoms with E-state index >= 15 is 0 Å². The number of hydrogen-bond donors (Lipinski definition) is 1. The van der Waals surface area contributed by atoms with E-state index in [9.17, 15) is 41.1 Å². The van der Waals surface area contributed by atoms with Gasteiger partial charge < -0.3 is 19.4 Å². The van der Waals surface area contributed by atoms with E-state index in [0.29, 0.717) is 10.8 Å². The molecule has 226 valence electrons. The first-order valence-corrected chi connectivity index (χ1v) is 12.9. The number of halogens is 5. The van der Waals surface area contributed by atoms with E-state index in [1.54, 1.807) is 52.8 Å². The van der Waals surface area contributed by atoms with Gasteiger partial charge in [0.1, 0.15) is 24.3 Å². The molecule has 1 heterocycles. The highest BCUT2D eigenvalue weighted by atomic mass is 19.2. The van der Waals surface area contributed by atoms with Crippen LogP contribution in [0.4, 0.5) is 22.0 Å². The van der Waals surface area contributed by atoms with Crippen LogP contribution in [0.25, 0.3) is 10.8 Å². The van der Waals surface area contributed by atoms with E-state index in [4.69, 9.17) is 4.74 Å². The third kappa shape index (κ3) is 7.12. The van der Waals surface area contributed by atoms with Gasteiger partial charge >= 0.3 is 5.97 Å². The highest BCUT2D eigenvalue weighted by Gasteiger charge is 2.32. The number of carbonyl (C=O) groups excluding carboxylic acids is 3. The summed E-state index contributed by atoms with van der Waals surface area (Å²) < 4.78 is 79.5. The van der Waals surface area contributed by atoms with Gasteiger partial charge in [-0.3, -0.25) is 19.2 Å². The van der Waals surface area contributed by atoms with Crippen LogP contribution in [0.15, 0.2) is 35.3 Å². The highest BCUT2D eigenvalue weighted by molar-refractivity contribution is 5.94. The van der Waals surface area contributed by atoms with Crippen LogP contribution in [0, 0.1) is 36.0 Å². The molecule has 1 N–H and O–H groups in total. The van der Waals surface area contributed by atoms with Crippen LogP contribution in [0.5, 0.6) is 5.75 Å². The molecular weight excluding hydrogens is 567 g/mol. The van der Waals surface area contributed by atoms with Gasteiger partial charge in [-0.25, -0.2) is 13.2 Å². The van der Waals surface area contributed by atoms with Crippen LogP contribution >= 0.6 is 0 Å². The summed E-state index contributed by atoms with van der Waals surface area (Å²) in [5.41, 5.74) is -0.655. The minimum atomic E-state index is -2.41. The van der Waals surface area contributed by atoms with Crippen LogP contribution in [-0.4, -0.2) is 40.5 Å². The minimum Gasteiger partial charge on any atom is -0.479 e. The second-order valence-electron chi connectivity index (χ2n) is 10.5. The lowest BCUT2D eigenvalue weighted by Crippen LogP contribution is -2.48. The van der Waals surface area contributed by atoms with Crippen LogP contribution < -0.4 is 15.6 Å². The summed E-state index contributed by atoms with van der Waals surface area (Å²) in [6, 6.07) is 4.00. The number of carbonyl (C=O) groups is 3. The number of nitrogens with zero attached hydrogens (tertiary/aromatic N) is 1. The Morgan fingerprint density at radius 1 is 0.952 bits per heavy atom. The SMILES string of the molecule is CC[C@@H](C(=O)NC(CC(=O)OC(C)(C)C)C(=O)COc1c(F)c(F)c(F)c(F)c1F)n1ccc2ccc(C)cc2c1=O. The molecule has 2 atom stereocenters. The molecule has 42 heavy (non-hydrogen) atoms. The minimum absolute atomic E-state index is 0.0808. The molecular formula is C29H29F5N2O6. The number of amides is 1. The Labute approximate surface area is 237 Å². The molecule has 1 unspecified atom stereocenters. The van der Waals surface area contributed by atoms with Gasteiger partial charge in [0.05, 0.1) is 6.42 Å². The number of ether oxygens (including phenoxy) is 2. The summed E-state index contributed by atoms with van der Waals surface area (Å²) in [4.78, 5) is 52.1. The average Bonchev–Trinajstić information content (AvgIpc) is 2.91. The van der Waals surface area contributed by atoms with Gasteiger partial charge in [0.25, 0.3) is 5.56 Å². The topological polar surface area (TPSA) is 104 Å². The van der Waals surface area contributed by atoms with Gasteiger partial charge in [0.15, 0.2) is 11.5 Å². The van der Waals surface area contributed by atoms with Crippen molar-refractivity contribution in [3.8, 4) is 5.75 Å². The maximum atomic E-state index is 14.0. The molecule has 3 aromatic rings. The number of ketones is 1. The lowest BCUT2D eigenvalue weighted by atomic mass is 10.1. The van der Waals surface area contributed by atoms with E-state index in [-0.39, 0.29) is 6.42 Å². The number of fused-ring (bicyclic) bond motifs is 1. The summed E-state index contributed by atoms with van der Waals surface area (Å²) in [5.74, 6) is -16.2. The molecule has 0 saturated heterocycles. The number of aromatic nitrogens is 1. The number of aryl methyl sites for hydroxylation is 1. The second-order valence-corrected chi connectivity index (χ2v) is 10.5. The Balaban J connectivity index is 1.90. The van der Waals surface area contributed by atoms with Crippen molar-refractivity contribution >= 4 is 28.4 Å². The molecule has 0 aliphatic rings. The second kappa shape index (κ2) is 12.7. The number of nitrogens with one attached hydrogen (secondary N) is 1. The molecule has 13 heteroatoms. The molecule has 0 spiro atoms. The summed E-state index contributed by atoms with van der Waals surface area (Å²) in [7, 11) is 0. The highest BCUT2D eigenvalue weighted by Crippen LogP contribution is 2.29. The Bertz CT molecular complexity index is 1570. The first-order valence-electron chi connectivity index (χ1n) is 12.9. The monoisotopic (exact) mass is 596 g/mol. The fourth-order valence-corrected chi connectivity index (χ4v) is 4.14. The number of Topliss-reactive ketones (excluding diaryl/α,β-unsaturated/α-hetero) is 1. The van der Waals surface area contributed by atoms with Crippen LogP contribution in [-0.2, 0) is 19.1 Å². The Morgan fingerprint density at radius 3 is 2.12 bits per heavy atom. The molecule has 8 nitrogen and oxygen atoms in total. The van der Waals surface area contributed by atoms with E-state index in [1.165, 1.54) is 6.20 Å². The molecule has 2 aromatic carbocycles. The van der Waals surface area contributed by atoms with Crippen molar-refractivity contribution in [2.24, 2.45) is 0 Å². The van der Waals surface area contributed by atoms with Crippen molar-refractivity contribution in [1.82, 2.24) is 9.88 Å². The van der Waals surface area contributed by atoms with E-state index in [0.717, 1.165) is 10.1 Å². The Hall–Kier alpha value is -4.29. The van der Waals surface area contributed by atoms with Crippen molar-refractivity contribution in [2.75, 3.05) is 6.61 Å². The molecule has 0 radical (unpaired) electrons. The number of benzene rings is 2. The lowest BCUT2D eigenvalue weighted by molar-refractivity contribution is -0.156. The largest absolute Gasteiger partial charge is 0.479 e. The number of rotatable bonds is 10. The summed E-state index contributed by atoms with van der Waals surface area (Å²) in [6.07, 6.45) is 0.729. The maximum absolute atomic E-state index is 14.0. The molecule has 1 amide bonds. The number of hydrogen-bond acceptors (Lipinski definition) is 6. The van der Waals surface area contributed by atoms with Gasteiger partial charge in [0, 0.05) is 11.6 Å². The molecule has 0 fully saturated rings. The van der Waals surface area contributed by atoms with Gasteiger partial charge in [-0.2, -0.15) is 8.78 Å². The van der Waals surface area contributed by atoms with E-state index < -0.39 is 88.8 Å². The summed E-state index contributed by atoms with van der Waals surface area (Å²) in [6.45, 7) is 6.77. The number of pyridine rings is 1. The fraction of sp³-hybridized carbons (Fsp3) is 0.379. The average molecular weight is 597 g/mol. The van der Waals surface area contributed by atoms with Crippen LogP contribution in [0.3, 0.4) is 0 Å². The first-order chi connectivity index (χ1) is 19.5. The first kappa shape index (κ1) is 32.2. The van der Waals surface area contributed by atoms with Crippen LogP contribution in [0.1, 0.15) is 52.1 Å². The molecule has 0 bridgehead atoms. The Kier molecular flexibility index (Phi) is 9.75. The predicted molar refractivity (Wildman–Crippen MR) is 141 cm³/mol. The lowest BCUT2D eigenvalue weighted by Gasteiger charge is -2.25. The Morgan fingerprint density at radius 2 is 1.55 bits per heavy atom. The van der Waals surface area contributed by atoms with Crippen molar-refractivity contribution in [1.29, 1.82) is 0 Å². The van der Waals surface area contributed by atoms with Gasteiger partial charge in [0.2, 0.25) is 35.0 Å². The van der Waals surface area contributed by atoms with Crippen molar-refractivity contribution in [3.63, 3.8) is 0 Å². The molecule has 0 aliphatic heterocycles. The third-order valence-electron chi connectivity index (χ3n) is 6.14. The van der Waals surface area contributed by atoms with Gasteiger partial charge in [-0.05, 0) is 51.6 Å². The van der Waals surface area contributed by atoms with Crippen molar-refractivity contribution in [2.45, 2.75) is 65.1 Å². The number of esters is 1. The van der Waals surface area contributed by atoms with Gasteiger partial charge in [-0.1, -0.05) is 24.6 Å². The zero-order valence-electron chi connectivity index (χ0n) is 23.4. The quantitative estimate of drug-likeness (QED) is 0.156. The predicted octanol–water partition coefficient (Wildman–Crippen LogP) is 4.82. The van der Waals surface area contributed by atoms with Gasteiger partial charge in [-0.15, -0.1) is 0 Å². The smallest absolute Gasteiger partial charge is 0.308 e. The molecule has 1 aromatic heterocycles. The molecule has 0 aliphatic carbocycles. The molecule has 0 saturated carbocycles. The van der Waals surface area contributed by atoms with Crippen molar-refractivity contribution < 1.29 is 45.8 Å². The van der Waals surface area contributed by atoms with Crippen molar-refractivity contribution in [3.05, 3.63) is 75.5 Å². The van der Waals surface area contributed by atoms with E-state index in [1.807, 2.05) is 6.07 Å². The van der Waals surface area contributed by atoms with E-state index in [2.05, 4.69) is 10.1 Å². The summed E-state index contributed by atoms with van der Waals surface area (Å²) in [5, 5.41) is 3.33. The standard InChI is InChI=1S/C29H29F5N2O6/c1-6-18(36-10-9-15-8-7-14(2)11-16(15)28(36)40)27(39)35-17(12-20(38)42-29(3,4)5)19(37)13-41-26-24(33)22(31)21(30)23(32)25(26)34/h7-11,17-18H,6,12-13H2,1-5H3,(H,35,39)/t17?,18-/m0/s1. The fourth-order valence-electron chi connectivity index (χ4n) is 4.14. The molecule has 3 rings (SSSR count). The third-order valence-corrected chi connectivity index (χ3v) is 6.14. The normalized spacial score (nSPS) is 13.0. The zero-order chi connectivity index (χ0) is 31.5. The van der Waals surface area contributed by atoms with Crippen LogP contribution in [0.2, 0.25) is 0 Å².